The van der Waals surface area contributed by atoms with Crippen LogP contribution >= 0.6 is 0 Å². The Morgan fingerprint density at radius 1 is 1.28 bits per heavy atom. The molecule has 9 nitrogen and oxygen atoms in total. The minimum absolute atomic E-state index is 0.212. The summed E-state index contributed by atoms with van der Waals surface area (Å²) in [7, 11) is 0.487. The van der Waals surface area contributed by atoms with Crippen LogP contribution in [0.2, 0.25) is 0 Å². The smallest absolute Gasteiger partial charge is 0.227 e. The number of hydrogen-bond acceptors (Lipinski definition) is 9. The molecule has 1 saturated carbocycles. The molecule has 1 fully saturated rings. The molecule has 4 heterocycles. The van der Waals surface area contributed by atoms with Crippen LogP contribution in [-0.4, -0.2) is 61.9 Å². The summed E-state index contributed by atoms with van der Waals surface area (Å²) in [4.78, 5) is 26.0. The molecule has 0 saturated heterocycles. The van der Waals surface area contributed by atoms with Gasteiger partial charge >= 0.3 is 0 Å². The second kappa shape index (κ2) is 8.67. The topological polar surface area (TPSA) is 105 Å². The zero-order valence-electron chi connectivity index (χ0n) is 17.7. The van der Waals surface area contributed by atoms with E-state index >= 15 is 0 Å². The van der Waals surface area contributed by atoms with Crippen LogP contribution in [0.5, 0.6) is 0 Å². The third-order valence-electron chi connectivity index (χ3n) is 5.80. The first-order valence-electron chi connectivity index (χ1n) is 10.5. The second-order valence-corrected chi connectivity index (χ2v) is 9.41. The molecule has 0 bridgehead atoms. The summed E-state index contributed by atoms with van der Waals surface area (Å²) in [6, 6.07) is 0.212. The fraction of sp³-hybridized carbons (Fsp3) is 0.409. The van der Waals surface area contributed by atoms with Crippen LogP contribution in [0, 0.1) is 12.3 Å². The fourth-order valence-corrected chi connectivity index (χ4v) is 5.37. The standard InChI is InChI=1S/C22H23N7O2S/c1-3-14-12-23-20(24-13-14)15-4-7-29(8-5-15)22-26-18-6-9-32(30)19(18)21(27-22)25-16-10-17(11-16)28-31-2/h1,4,12-13,16H,5-11H2,2H3,(H,25,26,27)/t16?,32-/m0/s1. The molecule has 3 aliphatic rings. The summed E-state index contributed by atoms with van der Waals surface area (Å²) in [5.74, 6) is 5.18. The number of nitrogens with one attached hydrogen (secondary N) is 1. The van der Waals surface area contributed by atoms with Crippen molar-refractivity contribution in [1.82, 2.24) is 19.9 Å². The van der Waals surface area contributed by atoms with E-state index < -0.39 is 10.8 Å². The molecule has 2 aliphatic heterocycles. The molecular formula is C22H23N7O2S. The summed E-state index contributed by atoms with van der Waals surface area (Å²) < 4.78 is 12.6. The van der Waals surface area contributed by atoms with E-state index in [1.54, 1.807) is 19.5 Å². The maximum Gasteiger partial charge on any atom is 0.227 e. The van der Waals surface area contributed by atoms with Crippen LogP contribution in [0.3, 0.4) is 0 Å². The van der Waals surface area contributed by atoms with Crippen molar-refractivity contribution in [3.63, 3.8) is 0 Å². The van der Waals surface area contributed by atoms with Gasteiger partial charge in [-0.25, -0.2) is 15.0 Å². The summed E-state index contributed by atoms with van der Waals surface area (Å²) >= 11 is 0. The van der Waals surface area contributed by atoms with Crippen LogP contribution in [-0.2, 0) is 22.1 Å². The van der Waals surface area contributed by atoms with Crippen molar-refractivity contribution in [2.45, 2.75) is 36.6 Å². The van der Waals surface area contributed by atoms with Gasteiger partial charge in [0.25, 0.3) is 0 Å². The third kappa shape index (κ3) is 3.96. The fourth-order valence-electron chi connectivity index (χ4n) is 4.05. The molecular weight excluding hydrogens is 426 g/mol. The van der Waals surface area contributed by atoms with E-state index in [0.29, 0.717) is 41.9 Å². The van der Waals surface area contributed by atoms with Crippen molar-refractivity contribution in [1.29, 1.82) is 0 Å². The Morgan fingerprint density at radius 2 is 2.09 bits per heavy atom. The first-order valence-corrected chi connectivity index (χ1v) is 11.8. The van der Waals surface area contributed by atoms with Crippen molar-refractivity contribution in [2.75, 3.05) is 36.2 Å². The Balaban J connectivity index is 1.35. The maximum atomic E-state index is 12.6. The van der Waals surface area contributed by atoms with Crippen molar-refractivity contribution in [3.8, 4) is 12.3 Å². The molecule has 2 aromatic rings. The quantitative estimate of drug-likeness (QED) is 0.544. The monoisotopic (exact) mass is 449 g/mol. The first kappa shape index (κ1) is 20.6. The van der Waals surface area contributed by atoms with Gasteiger partial charge in [0.05, 0.1) is 27.8 Å². The number of aromatic nitrogens is 4. The zero-order chi connectivity index (χ0) is 22.1. The van der Waals surface area contributed by atoms with Crippen molar-refractivity contribution in [2.24, 2.45) is 5.16 Å². The predicted molar refractivity (Wildman–Crippen MR) is 123 cm³/mol. The van der Waals surface area contributed by atoms with Gasteiger partial charge in [-0.1, -0.05) is 17.2 Å². The van der Waals surface area contributed by atoms with E-state index in [-0.39, 0.29) is 6.04 Å². The third-order valence-corrected chi connectivity index (χ3v) is 7.26. The minimum atomic E-state index is -1.07. The normalized spacial score (nSPS) is 21.8. The highest BCUT2D eigenvalue weighted by Gasteiger charge is 2.32. The first-order chi connectivity index (χ1) is 15.6. The molecule has 0 aromatic carbocycles. The lowest BCUT2D eigenvalue weighted by Crippen LogP contribution is -2.37. The van der Waals surface area contributed by atoms with Crippen molar-refractivity contribution < 1.29 is 9.05 Å². The summed E-state index contributed by atoms with van der Waals surface area (Å²) in [5, 5.41) is 7.45. The number of rotatable bonds is 5. The Bertz CT molecular complexity index is 1160. The Morgan fingerprint density at radius 3 is 2.78 bits per heavy atom. The van der Waals surface area contributed by atoms with Gasteiger partial charge in [0.15, 0.2) is 5.82 Å². The van der Waals surface area contributed by atoms with E-state index in [1.165, 1.54) is 0 Å². The van der Waals surface area contributed by atoms with Crippen LogP contribution < -0.4 is 10.2 Å². The number of oxime groups is 1. The minimum Gasteiger partial charge on any atom is -0.399 e. The molecule has 10 heteroatoms. The van der Waals surface area contributed by atoms with Gasteiger partial charge in [-0.15, -0.1) is 6.42 Å². The molecule has 5 rings (SSSR count). The number of fused-ring (bicyclic) bond motifs is 1. The van der Waals surface area contributed by atoms with Crippen molar-refractivity contribution in [3.05, 3.63) is 35.6 Å². The molecule has 1 atom stereocenters. The molecule has 1 aliphatic carbocycles. The number of terminal acetylenes is 1. The average molecular weight is 450 g/mol. The number of hydrogen-bond donors (Lipinski definition) is 1. The van der Waals surface area contributed by atoms with Crippen LogP contribution in [0.4, 0.5) is 11.8 Å². The maximum absolute atomic E-state index is 12.6. The molecule has 0 amide bonds. The van der Waals surface area contributed by atoms with Crippen LogP contribution in [0.25, 0.3) is 5.57 Å². The largest absolute Gasteiger partial charge is 0.399 e. The van der Waals surface area contributed by atoms with Gasteiger partial charge in [0.2, 0.25) is 5.95 Å². The molecule has 0 spiro atoms. The Kier molecular flexibility index (Phi) is 5.57. The molecule has 164 valence electrons. The van der Waals surface area contributed by atoms with Gasteiger partial charge in [0.1, 0.15) is 17.8 Å². The molecule has 0 unspecified atom stereocenters. The Labute approximate surface area is 188 Å². The van der Waals surface area contributed by atoms with Gasteiger partial charge in [-0.3, -0.25) is 4.21 Å². The summed E-state index contributed by atoms with van der Waals surface area (Å²) in [6.45, 7) is 1.41. The van der Waals surface area contributed by atoms with E-state index in [2.05, 4.69) is 37.3 Å². The predicted octanol–water partition coefficient (Wildman–Crippen LogP) is 1.78. The van der Waals surface area contributed by atoms with Crippen LogP contribution in [0.15, 0.2) is 28.5 Å². The summed E-state index contributed by atoms with van der Waals surface area (Å²) in [5.41, 5.74) is 3.65. The van der Waals surface area contributed by atoms with E-state index in [0.717, 1.165) is 47.7 Å². The van der Waals surface area contributed by atoms with Crippen LogP contribution in [0.1, 0.15) is 36.3 Å². The lowest BCUT2D eigenvalue weighted by molar-refractivity contribution is 0.209. The van der Waals surface area contributed by atoms with Gasteiger partial charge in [-0.05, 0) is 12.0 Å². The van der Waals surface area contributed by atoms with Gasteiger partial charge < -0.3 is 15.1 Å². The van der Waals surface area contributed by atoms with Gasteiger partial charge in [-0.2, -0.15) is 4.98 Å². The van der Waals surface area contributed by atoms with E-state index in [4.69, 9.17) is 21.2 Å². The highest BCUT2D eigenvalue weighted by molar-refractivity contribution is 7.85. The lowest BCUT2D eigenvalue weighted by atomic mass is 9.90. The van der Waals surface area contributed by atoms with E-state index in [1.807, 2.05) is 0 Å². The lowest BCUT2D eigenvalue weighted by Gasteiger charge is -2.30. The highest BCUT2D eigenvalue weighted by atomic mass is 32.2. The molecule has 0 radical (unpaired) electrons. The molecule has 2 aromatic heterocycles. The van der Waals surface area contributed by atoms with E-state index in [9.17, 15) is 4.21 Å². The van der Waals surface area contributed by atoms with Gasteiger partial charge in [0, 0.05) is 56.5 Å². The highest BCUT2D eigenvalue weighted by Crippen LogP contribution is 2.33. The molecule has 1 N–H and O–H groups in total. The average Bonchev–Trinajstić information content (AvgIpc) is 3.18. The SMILES string of the molecule is C#Cc1cnc(C2=CCN(c3nc4c(c(NC5CC(=NOC)C5)n3)[S@@](=O)CC4)CC2)nc1. The molecule has 32 heavy (non-hydrogen) atoms. The number of nitrogens with zero attached hydrogens (tertiary/aromatic N) is 6. The number of aryl methyl sites for hydroxylation is 1. The number of anilines is 2. The zero-order valence-corrected chi connectivity index (χ0v) is 18.6. The Hall–Kier alpha value is -3.32. The van der Waals surface area contributed by atoms with Crippen molar-refractivity contribution >= 4 is 33.9 Å². The second-order valence-electron chi connectivity index (χ2n) is 7.90. The summed E-state index contributed by atoms with van der Waals surface area (Å²) in [6.07, 6.45) is 13.9.